The molecule has 4 nitrogen and oxygen atoms in total. The number of amides is 1. The van der Waals surface area contributed by atoms with Crippen molar-refractivity contribution < 1.29 is 4.79 Å². The Morgan fingerprint density at radius 3 is 2.81 bits per heavy atom. The molecule has 1 aromatic rings. The molecule has 21 heavy (non-hydrogen) atoms. The number of hydrogen-bond donors (Lipinski definition) is 2. The summed E-state index contributed by atoms with van der Waals surface area (Å²) in [7, 11) is 0. The average Bonchev–Trinajstić information content (AvgIpc) is 2.44. The number of primary amides is 1. The van der Waals surface area contributed by atoms with Crippen LogP contribution < -0.4 is 16.0 Å². The van der Waals surface area contributed by atoms with E-state index in [2.05, 4.69) is 41.4 Å². The molecule has 2 rings (SSSR count). The number of rotatable bonds is 6. The SMILES string of the molecule is CC(C)NC(CCN1c2ccccc2CCC1C)C(N)=O. The molecule has 0 radical (unpaired) electrons. The minimum Gasteiger partial charge on any atom is -0.369 e. The molecule has 0 saturated carbocycles. The Morgan fingerprint density at radius 2 is 2.14 bits per heavy atom. The minimum absolute atomic E-state index is 0.258. The zero-order chi connectivity index (χ0) is 15.4. The summed E-state index contributed by atoms with van der Waals surface area (Å²) in [5.41, 5.74) is 8.22. The lowest BCUT2D eigenvalue weighted by Gasteiger charge is -2.38. The molecule has 0 spiro atoms. The van der Waals surface area contributed by atoms with Crippen LogP contribution in [0.25, 0.3) is 0 Å². The Balaban J connectivity index is 2.06. The summed E-state index contributed by atoms with van der Waals surface area (Å²) in [6, 6.07) is 9.07. The molecule has 0 fully saturated rings. The second-order valence-corrected chi connectivity index (χ2v) is 6.27. The molecule has 0 bridgehead atoms. The quantitative estimate of drug-likeness (QED) is 0.843. The van der Waals surface area contributed by atoms with E-state index in [1.165, 1.54) is 11.3 Å². The van der Waals surface area contributed by atoms with E-state index in [1.54, 1.807) is 0 Å². The van der Waals surface area contributed by atoms with Gasteiger partial charge < -0.3 is 16.0 Å². The second-order valence-electron chi connectivity index (χ2n) is 6.27. The van der Waals surface area contributed by atoms with Crippen LogP contribution in [0.2, 0.25) is 0 Å². The lowest BCUT2D eigenvalue weighted by Crippen LogP contribution is -2.47. The van der Waals surface area contributed by atoms with E-state index in [4.69, 9.17) is 5.73 Å². The molecule has 1 amide bonds. The Hall–Kier alpha value is -1.55. The predicted octanol–water partition coefficient (Wildman–Crippen LogP) is 2.07. The maximum absolute atomic E-state index is 11.6. The van der Waals surface area contributed by atoms with Crippen molar-refractivity contribution in [2.45, 2.75) is 58.2 Å². The van der Waals surface area contributed by atoms with Crippen molar-refractivity contribution in [3.05, 3.63) is 29.8 Å². The largest absolute Gasteiger partial charge is 0.369 e. The van der Waals surface area contributed by atoms with Crippen molar-refractivity contribution in [1.29, 1.82) is 0 Å². The van der Waals surface area contributed by atoms with Crippen LogP contribution in [0.15, 0.2) is 24.3 Å². The van der Waals surface area contributed by atoms with Crippen molar-refractivity contribution in [3.8, 4) is 0 Å². The fraction of sp³-hybridized carbons (Fsp3) is 0.588. The van der Waals surface area contributed by atoms with Gasteiger partial charge in [0, 0.05) is 24.3 Å². The smallest absolute Gasteiger partial charge is 0.234 e. The predicted molar refractivity (Wildman–Crippen MR) is 87.4 cm³/mol. The summed E-state index contributed by atoms with van der Waals surface area (Å²) in [5.74, 6) is -0.262. The molecule has 2 atom stereocenters. The van der Waals surface area contributed by atoms with Crippen molar-refractivity contribution in [3.63, 3.8) is 0 Å². The fourth-order valence-electron chi connectivity index (χ4n) is 3.08. The normalized spacial score (nSPS) is 19.4. The zero-order valence-corrected chi connectivity index (χ0v) is 13.3. The first-order valence-corrected chi connectivity index (χ1v) is 7.89. The van der Waals surface area contributed by atoms with Gasteiger partial charge in [-0.1, -0.05) is 32.0 Å². The summed E-state index contributed by atoms with van der Waals surface area (Å²) in [4.78, 5) is 14.0. The molecule has 1 aromatic carbocycles. The number of para-hydroxylation sites is 1. The number of hydrogen-bond acceptors (Lipinski definition) is 3. The third kappa shape index (κ3) is 3.97. The van der Waals surface area contributed by atoms with Gasteiger partial charge >= 0.3 is 0 Å². The molecule has 0 aromatic heterocycles. The van der Waals surface area contributed by atoms with Gasteiger partial charge in [0.25, 0.3) is 0 Å². The molecule has 1 aliphatic heterocycles. The van der Waals surface area contributed by atoms with Crippen LogP contribution >= 0.6 is 0 Å². The van der Waals surface area contributed by atoms with Crippen molar-refractivity contribution in [2.75, 3.05) is 11.4 Å². The number of benzene rings is 1. The van der Waals surface area contributed by atoms with Crippen LogP contribution in [0.1, 0.15) is 39.2 Å². The third-order valence-corrected chi connectivity index (χ3v) is 4.20. The number of nitrogens with zero attached hydrogens (tertiary/aromatic N) is 1. The van der Waals surface area contributed by atoms with Crippen molar-refractivity contribution in [2.24, 2.45) is 5.73 Å². The summed E-state index contributed by atoms with van der Waals surface area (Å²) in [5, 5.41) is 3.26. The first-order chi connectivity index (χ1) is 9.99. The van der Waals surface area contributed by atoms with Crippen LogP contribution in [0.5, 0.6) is 0 Å². The number of nitrogens with one attached hydrogen (secondary N) is 1. The average molecular weight is 289 g/mol. The molecule has 3 N–H and O–H groups in total. The van der Waals surface area contributed by atoms with Crippen LogP contribution in [0, 0.1) is 0 Å². The van der Waals surface area contributed by atoms with Crippen molar-refractivity contribution in [1.82, 2.24) is 5.32 Å². The Morgan fingerprint density at radius 1 is 1.43 bits per heavy atom. The van der Waals surface area contributed by atoms with Gasteiger partial charge in [0.15, 0.2) is 0 Å². The molecule has 116 valence electrons. The molecule has 1 heterocycles. The maximum Gasteiger partial charge on any atom is 0.234 e. The van der Waals surface area contributed by atoms with E-state index in [0.29, 0.717) is 6.04 Å². The molecule has 2 unspecified atom stereocenters. The van der Waals surface area contributed by atoms with E-state index >= 15 is 0 Å². The van der Waals surface area contributed by atoms with E-state index in [-0.39, 0.29) is 18.0 Å². The van der Waals surface area contributed by atoms with E-state index in [9.17, 15) is 4.79 Å². The summed E-state index contributed by atoms with van der Waals surface area (Å²) >= 11 is 0. The maximum atomic E-state index is 11.6. The second kappa shape index (κ2) is 6.94. The topological polar surface area (TPSA) is 58.4 Å². The Labute approximate surface area is 127 Å². The van der Waals surface area contributed by atoms with Gasteiger partial charge in [-0.15, -0.1) is 0 Å². The molecule has 0 aliphatic carbocycles. The lowest BCUT2D eigenvalue weighted by atomic mass is 9.96. The van der Waals surface area contributed by atoms with Crippen molar-refractivity contribution >= 4 is 11.6 Å². The number of fused-ring (bicyclic) bond motifs is 1. The van der Waals surface area contributed by atoms with E-state index in [1.807, 2.05) is 13.8 Å². The van der Waals surface area contributed by atoms with Gasteiger partial charge in [-0.3, -0.25) is 4.79 Å². The lowest BCUT2D eigenvalue weighted by molar-refractivity contribution is -0.120. The van der Waals surface area contributed by atoms with Gasteiger partial charge in [-0.05, 0) is 37.8 Å². The highest BCUT2D eigenvalue weighted by molar-refractivity contribution is 5.80. The molecule has 1 aliphatic rings. The van der Waals surface area contributed by atoms with E-state index in [0.717, 1.165) is 25.8 Å². The van der Waals surface area contributed by atoms with Gasteiger partial charge in [0.2, 0.25) is 5.91 Å². The molecule has 4 heteroatoms. The zero-order valence-electron chi connectivity index (χ0n) is 13.3. The van der Waals surface area contributed by atoms with Gasteiger partial charge in [-0.25, -0.2) is 0 Å². The summed E-state index contributed by atoms with van der Waals surface area (Å²) < 4.78 is 0. The van der Waals surface area contributed by atoms with Gasteiger partial charge in [-0.2, -0.15) is 0 Å². The van der Waals surface area contributed by atoms with Crippen LogP contribution in [-0.2, 0) is 11.2 Å². The first kappa shape index (κ1) is 15.8. The number of nitrogens with two attached hydrogens (primary N) is 1. The number of anilines is 1. The third-order valence-electron chi connectivity index (χ3n) is 4.20. The minimum atomic E-state index is -0.262. The van der Waals surface area contributed by atoms with Crippen LogP contribution in [0.3, 0.4) is 0 Å². The van der Waals surface area contributed by atoms with Gasteiger partial charge in [0.05, 0.1) is 6.04 Å². The van der Waals surface area contributed by atoms with Gasteiger partial charge in [0.1, 0.15) is 0 Å². The molecular formula is C17H27N3O. The highest BCUT2D eigenvalue weighted by Gasteiger charge is 2.24. The summed E-state index contributed by atoms with van der Waals surface area (Å²) in [6.45, 7) is 7.18. The highest BCUT2D eigenvalue weighted by atomic mass is 16.1. The fourth-order valence-corrected chi connectivity index (χ4v) is 3.08. The highest BCUT2D eigenvalue weighted by Crippen LogP contribution is 2.30. The Bertz CT molecular complexity index is 487. The van der Waals surface area contributed by atoms with Crippen LogP contribution in [-0.4, -0.2) is 30.6 Å². The first-order valence-electron chi connectivity index (χ1n) is 7.89. The van der Waals surface area contributed by atoms with Crippen LogP contribution in [0.4, 0.5) is 5.69 Å². The number of aryl methyl sites for hydroxylation is 1. The number of carbonyl (C=O) groups excluding carboxylic acids is 1. The standard InChI is InChI=1S/C17H27N3O/c1-12(2)19-15(17(18)21)10-11-20-13(3)8-9-14-6-4-5-7-16(14)20/h4-7,12-13,15,19H,8-11H2,1-3H3,(H2,18,21). The monoisotopic (exact) mass is 289 g/mol. The van der Waals surface area contributed by atoms with E-state index < -0.39 is 0 Å². The molecule has 0 saturated heterocycles. The Kier molecular flexibility index (Phi) is 5.23. The molecular weight excluding hydrogens is 262 g/mol. The summed E-state index contributed by atoms with van der Waals surface area (Å²) in [6.07, 6.45) is 3.04. The number of carbonyl (C=O) groups is 1.